The van der Waals surface area contributed by atoms with Gasteiger partial charge in [-0.3, -0.25) is 9.36 Å². The van der Waals surface area contributed by atoms with Gasteiger partial charge < -0.3 is 36.9 Å². The molecule has 3 heterocycles. The first kappa shape index (κ1) is 21.5. The lowest BCUT2D eigenvalue weighted by molar-refractivity contribution is -0.0511. The van der Waals surface area contributed by atoms with Crippen molar-refractivity contribution in [3.8, 4) is 0 Å². The van der Waals surface area contributed by atoms with Crippen LogP contribution < -0.4 is 22.5 Å². The van der Waals surface area contributed by atoms with Crippen molar-refractivity contribution in [3.63, 3.8) is 0 Å². The molecule has 4 atom stereocenters. The smallest absolute Gasteiger partial charge is 0.301 e. The molecule has 2 aromatic heterocycles. The summed E-state index contributed by atoms with van der Waals surface area (Å²) < 4.78 is 7.96. The summed E-state index contributed by atoms with van der Waals surface area (Å²) in [5.41, 5.74) is 14.1. The number of anilines is 1. The number of aliphatic hydroxyl groups excluding tert-OH is 3. The first-order valence-electron chi connectivity index (χ1n) is 9.81. The Morgan fingerprint density at radius 1 is 1.17 bits per heavy atom. The van der Waals surface area contributed by atoms with E-state index in [4.69, 9.17) is 16.2 Å². The number of aliphatic hydroxyl groups is 3. The second-order valence-corrected chi connectivity index (χ2v) is 7.13. The SMILES string of the molecule is NCCCCCCCNn1c(N)nc2c(ncn2[C@@H]2O[C@H](CO)[C@@H](O)[C@H]2O)c1=O. The monoisotopic (exact) mass is 411 g/mol. The van der Waals surface area contributed by atoms with E-state index >= 15 is 0 Å². The fourth-order valence-electron chi connectivity index (χ4n) is 3.42. The molecular weight excluding hydrogens is 382 g/mol. The molecule has 1 aliphatic rings. The average Bonchev–Trinajstić information content (AvgIpc) is 3.24. The number of nitrogens with zero attached hydrogens (tertiary/aromatic N) is 4. The zero-order valence-electron chi connectivity index (χ0n) is 16.1. The summed E-state index contributed by atoms with van der Waals surface area (Å²) in [4.78, 5) is 21.0. The van der Waals surface area contributed by atoms with Crippen LogP contribution in [0.5, 0.6) is 0 Å². The number of nitrogen functional groups attached to an aromatic ring is 1. The zero-order chi connectivity index (χ0) is 21.0. The van der Waals surface area contributed by atoms with Crippen molar-refractivity contribution in [2.45, 2.75) is 56.6 Å². The van der Waals surface area contributed by atoms with Crippen molar-refractivity contribution in [2.24, 2.45) is 5.73 Å². The first-order chi connectivity index (χ1) is 14.0. The minimum absolute atomic E-state index is 0.0485. The van der Waals surface area contributed by atoms with Crippen molar-refractivity contribution >= 4 is 17.1 Å². The average molecular weight is 411 g/mol. The molecule has 8 N–H and O–H groups in total. The molecule has 0 bridgehead atoms. The van der Waals surface area contributed by atoms with Gasteiger partial charge in [-0.1, -0.05) is 19.3 Å². The molecule has 0 saturated carbocycles. The number of nitrogens with one attached hydrogen (secondary N) is 1. The number of nitrogens with two attached hydrogens (primary N) is 2. The highest BCUT2D eigenvalue weighted by Crippen LogP contribution is 2.30. The lowest BCUT2D eigenvalue weighted by Gasteiger charge is -2.17. The molecule has 0 aliphatic carbocycles. The number of rotatable bonds is 10. The van der Waals surface area contributed by atoms with Crippen LogP contribution in [0.15, 0.2) is 11.1 Å². The quantitative estimate of drug-likeness (QED) is 0.244. The maximum Gasteiger partial charge on any atom is 0.301 e. The summed E-state index contributed by atoms with van der Waals surface area (Å²) in [6.07, 6.45) is 1.77. The number of ether oxygens (including phenoxy) is 1. The largest absolute Gasteiger partial charge is 0.394 e. The van der Waals surface area contributed by atoms with E-state index in [0.29, 0.717) is 13.1 Å². The normalized spacial score (nSPS) is 24.4. The molecule has 162 valence electrons. The molecule has 1 saturated heterocycles. The topological polar surface area (TPSA) is 187 Å². The molecule has 12 nitrogen and oxygen atoms in total. The first-order valence-corrected chi connectivity index (χ1v) is 9.81. The Morgan fingerprint density at radius 3 is 2.59 bits per heavy atom. The summed E-state index contributed by atoms with van der Waals surface area (Å²) in [7, 11) is 0. The van der Waals surface area contributed by atoms with Crippen LogP contribution in [-0.4, -0.2) is 72.5 Å². The van der Waals surface area contributed by atoms with Gasteiger partial charge in [0.05, 0.1) is 12.9 Å². The third-order valence-corrected chi connectivity index (χ3v) is 5.06. The molecule has 0 aromatic carbocycles. The van der Waals surface area contributed by atoms with Crippen molar-refractivity contribution in [1.82, 2.24) is 19.2 Å². The number of aromatic nitrogens is 4. The highest BCUT2D eigenvalue weighted by atomic mass is 16.6. The van der Waals surface area contributed by atoms with E-state index in [1.807, 2.05) is 0 Å². The van der Waals surface area contributed by atoms with E-state index in [1.165, 1.54) is 10.9 Å². The van der Waals surface area contributed by atoms with Gasteiger partial charge in [0.1, 0.15) is 18.3 Å². The Morgan fingerprint density at radius 2 is 1.90 bits per heavy atom. The highest BCUT2D eigenvalue weighted by molar-refractivity contribution is 5.71. The van der Waals surface area contributed by atoms with Gasteiger partial charge in [0, 0.05) is 6.54 Å². The summed E-state index contributed by atoms with van der Waals surface area (Å²) in [5.74, 6) is -0.0564. The van der Waals surface area contributed by atoms with Crippen LogP contribution in [0.25, 0.3) is 11.2 Å². The van der Waals surface area contributed by atoms with Crippen LogP contribution >= 0.6 is 0 Å². The van der Waals surface area contributed by atoms with Gasteiger partial charge in [-0.25, -0.2) is 4.98 Å². The summed E-state index contributed by atoms with van der Waals surface area (Å²) in [6, 6.07) is 0. The van der Waals surface area contributed by atoms with Crippen LogP contribution in [-0.2, 0) is 4.74 Å². The maximum atomic E-state index is 12.7. The van der Waals surface area contributed by atoms with Gasteiger partial charge in [0.2, 0.25) is 5.95 Å². The maximum absolute atomic E-state index is 12.7. The lowest BCUT2D eigenvalue weighted by Crippen LogP contribution is -2.34. The molecule has 0 unspecified atom stereocenters. The molecular formula is C17H29N7O5. The third-order valence-electron chi connectivity index (χ3n) is 5.06. The zero-order valence-corrected chi connectivity index (χ0v) is 16.1. The van der Waals surface area contributed by atoms with E-state index in [-0.39, 0.29) is 17.1 Å². The highest BCUT2D eigenvalue weighted by Gasteiger charge is 2.44. The molecule has 2 aromatic rings. The van der Waals surface area contributed by atoms with E-state index < -0.39 is 36.7 Å². The second kappa shape index (κ2) is 9.50. The number of unbranched alkanes of at least 4 members (excludes halogenated alkanes) is 4. The van der Waals surface area contributed by atoms with Crippen molar-refractivity contribution < 1.29 is 20.1 Å². The minimum atomic E-state index is -1.31. The number of hydrogen-bond donors (Lipinski definition) is 6. The number of fused-ring (bicyclic) bond motifs is 1. The molecule has 0 spiro atoms. The van der Waals surface area contributed by atoms with Crippen LogP contribution in [0, 0.1) is 0 Å². The Kier molecular flexibility index (Phi) is 7.03. The van der Waals surface area contributed by atoms with Crippen molar-refractivity contribution in [1.29, 1.82) is 0 Å². The molecule has 1 fully saturated rings. The van der Waals surface area contributed by atoms with Gasteiger partial charge in [-0.05, 0) is 19.4 Å². The van der Waals surface area contributed by atoms with Crippen LogP contribution in [0.4, 0.5) is 5.95 Å². The standard InChI is InChI=1S/C17H29N7O5/c18-6-4-2-1-3-5-7-21-24-15(28)11-14(22-17(24)19)23(9-20-11)16-13(27)12(26)10(8-25)29-16/h9-10,12-13,16,21,25-27H,1-8,18H2,(H2,19,22)/t10-,12-,13-,16-/m1/s1. The Bertz CT molecular complexity index is 870. The van der Waals surface area contributed by atoms with Gasteiger partial charge in [-0.2, -0.15) is 9.66 Å². The summed E-state index contributed by atoms with van der Waals surface area (Å²) >= 11 is 0. The fourth-order valence-corrected chi connectivity index (χ4v) is 3.42. The number of imidazole rings is 1. The molecule has 1 aliphatic heterocycles. The predicted octanol–water partition coefficient (Wildman–Crippen LogP) is -1.76. The summed E-state index contributed by atoms with van der Waals surface area (Å²) in [5, 5.41) is 29.4. The van der Waals surface area contributed by atoms with Gasteiger partial charge in [0.25, 0.3) is 0 Å². The number of hydrogen-bond acceptors (Lipinski definition) is 10. The predicted molar refractivity (Wildman–Crippen MR) is 106 cm³/mol. The fraction of sp³-hybridized carbons (Fsp3) is 0.706. The Labute approximate surface area is 167 Å². The minimum Gasteiger partial charge on any atom is -0.394 e. The van der Waals surface area contributed by atoms with Gasteiger partial charge in [-0.15, -0.1) is 0 Å². The van der Waals surface area contributed by atoms with Crippen molar-refractivity contribution in [3.05, 3.63) is 16.7 Å². The second-order valence-electron chi connectivity index (χ2n) is 7.13. The van der Waals surface area contributed by atoms with Crippen LogP contribution in [0.3, 0.4) is 0 Å². The van der Waals surface area contributed by atoms with E-state index in [0.717, 1.165) is 36.8 Å². The van der Waals surface area contributed by atoms with Gasteiger partial charge >= 0.3 is 5.56 Å². The molecule has 0 radical (unpaired) electrons. The molecule has 3 rings (SSSR count). The van der Waals surface area contributed by atoms with E-state index in [2.05, 4.69) is 15.4 Å². The van der Waals surface area contributed by atoms with Crippen LogP contribution in [0.2, 0.25) is 0 Å². The van der Waals surface area contributed by atoms with Crippen LogP contribution in [0.1, 0.15) is 38.3 Å². The van der Waals surface area contributed by atoms with Gasteiger partial charge in [0.15, 0.2) is 17.4 Å². The van der Waals surface area contributed by atoms with Crippen molar-refractivity contribution in [2.75, 3.05) is 30.9 Å². The Hall–Kier alpha value is -2.25. The third kappa shape index (κ3) is 4.36. The lowest BCUT2D eigenvalue weighted by atomic mass is 10.1. The van der Waals surface area contributed by atoms with E-state index in [1.54, 1.807) is 0 Å². The molecule has 0 amide bonds. The summed E-state index contributed by atoms with van der Waals surface area (Å²) in [6.45, 7) is 0.792. The Balaban J connectivity index is 1.73. The molecule has 29 heavy (non-hydrogen) atoms. The molecule has 12 heteroatoms. The van der Waals surface area contributed by atoms with E-state index in [9.17, 15) is 20.1 Å².